The molecule has 0 unspecified atom stereocenters. The molecule has 1 fully saturated rings. The number of halogens is 1. The summed E-state index contributed by atoms with van der Waals surface area (Å²) in [6.45, 7) is 1.47. The Hall–Kier alpha value is -1.89. The number of nitrogens with zero attached hydrogens (tertiary/aromatic N) is 4. The van der Waals surface area contributed by atoms with Gasteiger partial charge in [-0.1, -0.05) is 34.5 Å². The van der Waals surface area contributed by atoms with Gasteiger partial charge < -0.3 is 10.6 Å². The van der Waals surface area contributed by atoms with Gasteiger partial charge in [0.15, 0.2) is 5.96 Å². The van der Waals surface area contributed by atoms with Crippen molar-refractivity contribution in [2.45, 2.75) is 31.2 Å². The van der Waals surface area contributed by atoms with Crippen molar-refractivity contribution in [2.24, 2.45) is 12.0 Å². The molecule has 0 aliphatic heterocycles. The van der Waals surface area contributed by atoms with Crippen LogP contribution in [0.15, 0.2) is 40.1 Å². The van der Waals surface area contributed by atoms with Crippen molar-refractivity contribution >= 4 is 21.9 Å². The fraction of sp³-hybridized carbons (Fsp3) is 0.471. The van der Waals surface area contributed by atoms with Crippen molar-refractivity contribution < 1.29 is 0 Å². The molecule has 1 aromatic carbocycles. The van der Waals surface area contributed by atoms with Crippen LogP contribution < -0.4 is 10.6 Å². The highest BCUT2D eigenvalue weighted by Crippen LogP contribution is 2.43. The predicted octanol–water partition coefficient (Wildman–Crippen LogP) is 2.36. The maximum absolute atomic E-state index is 4.32. The zero-order valence-electron chi connectivity index (χ0n) is 14.1. The summed E-state index contributed by atoms with van der Waals surface area (Å²) in [6.07, 6.45) is 5.25. The van der Waals surface area contributed by atoms with Gasteiger partial charge in [0.1, 0.15) is 12.2 Å². The first-order chi connectivity index (χ1) is 11.6. The molecule has 3 rings (SSSR count). The van der Waals surface area contributed by atoms with Crippen molar-refractivity contribution in [2.75, 3.05) is 13.6 Å². The maximum atomic E-state index is 4.32. The Labute approximate surface area is 150 Å². The van der Waals surface area contributed by atoms with E-state index in [1.807, 2.05) is 7.05 Å². The van der Waals surface area contributed by atoms with E-state index in [1.54, 1.807) is 18.1 Å². The van der Waals surface area contributed by atoms with Gasteiger partial charge in [0.2, 0.25) is 0 Å². The van der Waals surface area contributed by atoms with E-state index in [4.69, 9.17) is 0 Å². The lowest BCUT2D eigenvalue weighted by Crippen LogP contribution is -2.48. The standard InChI is InChI=1S/C17H23BrN6/c1-19-16(20-10-15-22-12-23-24(15)2)21-11-17(7-4-8-17)13-5-3-6-14(18)9-13/h3,5-6,9,12H,4,7-8,10-11H2,1-2H3,(H2,19,20,21). The quantitative estimate of drug-likeness (QED) is 0.607. The summed E-state index contributed by atoms with van der Waals surface area (Å²) in [5, 5.41) is 10.9. The van der Waals surface area contributed by atoms with E-state index in [1.165, 1.54) is 24.8 Å². The van der Waals surface area contributed by atoms with Crippen LogP contribution in [0.3, 0.4) is 0 Å². The molecule has 0 spiro atoms. The second-order valence-electron chi connectivity index (χ2n) is 6.22. The van der Waals surface area contributed by atoms with Crippen LogP contribution in [0, 0.1) is 0 Å². The molecule has 2 N–H and O–H groups in total. The second kappa shape index (κ2) is 7.34. The number of aryl methyl sites for hydroxylation is 1. The van der Waals surface area contributed by atoms with E-state index in [0.717, 1.165) is 22.8 Å². The van der Waals surface area contributed by atoms with Gasteiger partial charge in [-0.3, -0.25) is 9.67 Å². The number of benzene rings is 1. The largest absolute Gasteiger partial charge is 0.356 e. The molecule has 1 heterocycles. The minimum absolute atomic E-state index is 0.201. The minimum atomic E-state index is 0.201. The zero-order valence-corrected chi connectivity index (χ0v) is 15.7. The molecule has 2 aromatic rings. The molecular formula is C17H23BrN6. The molecule has 1 saturated carbocycles. The Bertz CT molecular complexity index is 719. The van der Waals surface area contributed by atoms with Crippen LogP contribution >= 0.6 is 15.9 Å². The Balaban J connectivity index is 1.61. The lowest BCUT2D eigenvalue weighted by Gasteiger charge is -2.43. The van der Waals surface area contributed by atoms with Crippen LogP contribution in [-0.4, -0.2) is 34.3 Å². The Morgan fingerprint density at radius 2 is 2.21 bits per heavy atom. The van der Waals surface area contributed by atoms with Gasteiger partial charge in [-0.25, -0.2) is 4.98 Å². The summed E-state index contributed by atoms with van der Waals surface area (Å²) in [6, 6.07) is 8.64. The maximum Gasteiger partial charge on any atom is 0.191 e. The molecule has 1 aliphatic rings. The molecule has 7 heteroatoms. The van der Waals surface area contributed by atoms with Crippen molar-refractivity contribution in [3.05, 3.63) is 46.5 Å². The number of aliphatic imine (C=N–C) groups is 1. The van der Waals surface area contributed by atoms with Crippen LogP contribution in [0.2, 0.25) is 0 Å². The Kier molecular flexibility index (Phi) is 5.18. The van der Waals surface area contributed by atoms with Gasteiger partial charge in [0.25, 0.3) is 0 Å². The first-order valence-corrected chi connectivity index (χ1v) is 8.96. The summed E-state index contributed by atoms with van der Waals surface area (Å²) in [5.41, 5.74) is 1.59. The van der Waals surface area contributed by atoms with Gasteiger partial charge >= 0.3 is 0 Å². The van der Waals surface area contributed by atoms with Crippen LogP contribution in [0.1, 0.15) is 30.7 Å². The molecule has 6 nitrogen and oxygen atoms in total. The van der Waals surface area contributed by atoms with Gasteiger partial charge in [-0.15, -0.1) is 0 Å². The van der Waals surface area contributed by atoms with Crippen molar-refractivity contribution in [1.29, 1.82) is 0 Å². The summed E-state index contributed by atoms with van der Waals surface area (Å²) < 4.78 is 2.89. The highest BCUT2D eigenvalue weighted by molar-refractivity contribution is 9.10. The van der Waals surface area contributed by atoms with E-state index in [0.29, 0.717) is 6.54 Å². The topological polar surface area (TPSA) is 67.1 Å². The lowest BCUT2D eigenvalue weighted by atomic mass is 9.64. The molecule has 0 bridgehead atoms. The van der Waals surface area contributed by atoms with Crippen molar-refractivity contribution in [3.8, 4) is 0 Å². The molecule has 0 radical (unpaired) electrons. The molecule has 128 valence electrons. The third-order valence-electron chi connectivity index (χ3n) is 4.78. The number of guanidine groups is 1. The molecule has 0 atom stereocenters. The molecule has 1 aliphatic carbocycles. The van der Waals surface area contributed by atoms with Crippen LogP contribution in [0.4, 0.5) is 0 Å². The van der Waals surface area contributed by atoms with E-state index in [-0.39, 0.29) is 5.41 Å². The van der Waals surface area contributed by atoms with Crippen LogP contribution in [0.25, 0.3) is 0 Å². The van der Waals surface area contributed by atoms with Crippen molar-refractivity contribution in [3.63, 3.8) is 0 Å². The van der Waals surface area contributed by atoms with Gasteiger partial charge in [0, 0.05) is 30.5 Å². The third kappa shape index (κ3) is 3.61. The number of hydrogen-bond donors (Lipinski definition) is 2. The molecular weight excluding hydrogens is 368 g/mol. The summed E-state index contributed by atoms with van der Waals surface area (Å²) >= 11 is 3.58. The summed E-state index contributed by atoms with van der Waals surface area (Å²) in [5.74, 6) is 1.67. The average molecular weight is 391 g/mol. The fourth-order valence-electron chi connectivity index (χ4n) is 3.11. The second-order valence-corrected chi connectivity index (χ2v) is 7.14. The molecule has 0 saturated heterocycles. The summed E-state index contributed by atoms with van der Waals surface area (Å²) in [4.78, 5) is 8.53. The highest BCUT2D eigenvalue weighted by Gasteiger charge is 2.38. The Morgan fingerprint density at radius 1 is 1.38 bits per heavy atom. The van der Waals surface area contributed by atoms with Gasteiger partial charge in [0.05, 0.1) is 6.54 Å². The van der Waals surface area contributed by atoms with E-state index < -0.39 is 0 Å². The first kappa shape index (κ1) is 17.0. The third-order valence-corrected chi connectivity index (χ3v) is 5.28. The minimum Gasteiger partial charge on any atom is -0.356 e. The van der Waals surface area contributed by atoms with Gasteiger partial charge in [-0.05, 0) is 30.5 Å². The van der Waals surface area contributed by atoms with E-state index in [2.05, 4.69) is 65.9 Å². The molecule has 1 aromatic heterocycles. The lowest BCUT2D eigenvalue weighted by molar-refractivity contribution is 0.243. The van der Waals surface area contributed by atoms with Gasteiger partial charge in [-0.2, -0.15) is 5.10 Å². The zero-order chi connectivity index (χ0) is 17.0. The highest BCUT2D eigenvalue weighted by atomic mass is 79.9. The Morgan fingerprint density at radius 3 is 2.79 bits per heavy atom. The van der Waals surface area contributed by atoms with Crippen LogP contribution in [-0.2, 0) is 19.0 Å². The molecule has 24 heavy (non-hydrogen) atoms. The van der Waals surface area contributed by atoms with E-state index in [9.17, 15) is 0 Å². The van der Waals surface area contributed by atoms with E-state index >= 15 is 0 Å². The molecule has 0 amide bonds. The number of nitrogens with one attached hydrogen (secondary N) is 2. The fourth-order valence-corrected chi connectivity index (χ4v) is 3.51. The van der Waals surface area contributed by atoms with Crippen molar-refractivity contribution in [1.82, 2.24) is 25.4 Å². The number of rotatable bonds is 5. The summed E-state index contributed by atoms with van der Waals surface area (Å²) in [7, 11) is 3.68. The number of aromatic nitrogens is 3. The number of hydrogen-bond acceptors (Lipinski definition) is 3. The van der Waals surface area contributed by atoms with Crippen LogP contribution in [0.5, 0.6) is 0 Å². The monoisotopic (exact) mass is 390 g/mol. The first-order valence-electron chi connectivity index (χ1n) is 8.16. The normalized spacial score (nSPS) is 16.5. The average Bonchev–Trinajstić information content (AvgIpc) is 2.94. The smallest absolute Gasteiger partial charge is 0.191 e. The predicted molar refractivity (Wildman–Crippen MR) is 98.9 cm³/mol. The SMILES string of the molecule is CN=C(NCc1ncnn1C)NCC1(c2cccc(Br)c2)CCC1.